The Balaban J connectivity index is 1.79. The molecule has 7 nitrogen and oxygen atoms in total. The standard InChI is InChI=1S/C20H33N5O2/c1-4-21-20(25-13-11-24(12-14-25)15-16(2)3)23-10-9-22-19(27)17-5-7-18(26)8-6-17/h5-8,16,26H,4,9-15H2,1-3H3,(H,21,23)(H,22,27). The van der Waals surface area contributed by atoms with E-state index in [9.17, 15) is 9.90 Å². The number of piperazine rings is 1. The molecule has 2 rings (SSSR count). The maximum Gasteiger partial charge on any atom is 0.251 e. The molecule has 1 aromatic carbocycles. The van der Waals surface area contributed by atoms with Gasteiger partial charge in [-0.05, 0) is 37.1 Å². The van der Waals surface area contributed by atoms with Crippen LogP contribution in [0.1, 0.15) is 31.1 Å². The highest BCUT2D eigenvalue weighted by Crippen LogP contribution is 2.09. The number of rotatable bonds is 7. The Labute approximate surface area is 162 Å². The van der Waals surface area contributed by atoms with E-state index in [0.717, 1.165) is 45.2 Å². The first-order valence-electron chi connectivity index (χ1n) is 9.82. The minimum atomic E-state index is -0.155. The molecule has 0 saturated carbocycles. The largest absolute Gasteiger partial charge is 0.508 e. The van der Waals surface area contributed by atoms with E-state index in [1.807, 2.05) is 0 Å². The summed E-state index contributed by atoms with van der Waals surface area (Å²) in [5.74, 6) is 1.61. The van der Waals surface area contributed by atoms with Crippen molar-refractivity contribution >= 4 is 11.9 Å². The summed E-state index contributed by atoms with van der Waals surface area (Å²) in [4.78, 5) is 21.5. The SMILES string of the molecule is CCNC(=NCCNC(=O)c1ccc(O)cc1)N1CCN(CC(C)C)CC1. The van der Waals surface area contributed by atoms with Crippen molar-refractivity contribution in [1.82, 2.24) is 20.4 Å². The second-order valence-electron chi connectivity index (χ2n) is 7.22. The fourth-order valence-electron chi connectivity index (χ4n) is 3.13. The third-order valence-electron chi connectivity index (χ3n) is 4.42. The van der Waals surface area contributed by atoms with E-state index in [-0.39, 0.29) is 11.7 Å². The molecule has 150 valence electrons. The molecule has 0 radical (unpaired) electrons. The summed E-state index contributed by atoms with van der Waals surface area (Å²) in [6.07, 6.45) is 0. The average molecular weight is 376 g/mol. The molecule has 1 fully saturated rings. The second-order valence-corrected chi connectivity index (χ2v) is 7.22. The van der Waals surface area contributed by atoms with Gasteiger partial charge in [-0.25, -0.2) is 0 Å². The summed E-state index contributed by atoms with van der Waals surface area (Å²) in [6.45, 7) is 13.6. The topological polar surface area (TPSA) is 80.2 Å². The maximum absolute atomic E-state index is 12.1. The van der Waals surface area contributed by atoms with Gasteiger partial charge in [0.2, 0.25) is 0 Å². The van der Waals surface area contributed by atoms with Crippen LogP contribution >= 0.6 is 0 Å². The van der Waals surface area contributed by atoms with Crippen molar-refractivity contribution in [2.75, 3.05) is 52.4 Å². The van der Waals surface area contributed by atoms with E-state index in [4.69, 9.17) is 0 Å². The Morgan fingerprint density at radius 3 is 2.41 bits per heavy atom. The summed E-state index contributed by atoms with van der Waals surface area (Å²) in [7, 11) is 0. The number of nitrogens with zero attached hydrogens (tertiary/aromatic N) is 3. The highest BCUT2D eigenvalue weighted by atomic mass is 16.3. The summed E-state index contributed by atoms with van der Waals surface area (Å²) >= 11 is 0. The van der Waals surface area contributed by atoms with Gasteiger partial charge in [0.15, 0.2) is 5.96 Å². The van der Waals surface area contributed by atoms with Crippen LogP contribution in [0.2, 0.25) is 0 Å². The van der Waals surface area contributed by atoms with Gasteiger partial charge < -0.3 is 20.6 Å². The number of amides is 1. The van der Waals surface area contributed by atoms with Crippen molar-refractivity contribution in [3.63, 3.8) is 0 Å². The van der Waals surface area contributed by atoms with Crippen LogP contribution in [-0.4, -0.2) is 79.1 Å². The van der Waals surface area contributed by atoms with Gasteiger partial charge in [0.25, 0.3) is 5.91 Å². The number of aliphatic imine (C=N–C) groups is 1. The van der Waals surface area contributed by atoms with Crippen molar-refractivity contribution < 1.29 is 9.90 Å². The first-order chi connectivity index (χ1) is 13.0. The summed E-state index contributed by atoms with van der Waals surface area (Å²) in [5.41, 5.74) is 0.532. The first kappa shape index (κ1) is 21.0. The van der Waals surface area contributed by atoms with Crippen LogP contribution in [0.15, 0.2) is 29.3 Å². The van der Waals surface area contributed by atoms with Gasteiger partial charge in [0.1, 0.15) is 5.75 Å². The molecule has 1 aliphatic heterocycles. The van der Waals surface area contributed by atoms with Gasteiger partial charge in [-0.1, -0.05) is 13.8 Å². The molecule has 0 atom stereocenters. The van der Waals surface area contributed by atoms with Crippen LogP contribution in [0.4, 0.5) is 0 Å². The van der Waals surface area contributed by atoms with Crippen LogP contribution in [0.3, 0.4) is 0 Å². The van der Waals surface area contributed by atoms with Gasteiger partial charge in [0.05, 0.1) is 6.54 Å². The molecule has 1 aliphatic rings. The fraction of sp³-hybridized carbons (Fsp3) is 0.600. The van der Waals surface area contributed by atoms with Gasteiger partial charge in [0, 0.05) is 51.4 Å². The highest BCUT2D eigenvalue weighted by Gasteiger charge is 2.19. The highest BCUT2D eigenvalue weighted by molar-refractivity contribution is 5.94. The molecular weight excluding hydrogens is 342 g/mol. The Hall–Kier alpha value is -2.28. The molecule has 7 heteroatoms. The Morgan fingerprint density at radius 1 is 1.15 bits per heavy atom. The number of phenolic OH excluding ortho intramolecular Hbond substituents is 1. The number of guanidine groups is 1. The normalized spacial score (nSPS) is 15.9. The lowest BCUT2D eigenvalue weighted by Gasteiger charge is -2.37. The number of benzene rings is 1. The number of hydrogen-bond acceptors (Lipinski definition) is 4. The molecule has 0 bridgehead atoms. The predicted molar refractivity (Wildman–Crippen MR) is 109 cm³/mol. The third-order valence-corrected chi connectivity index (χ3v) is 4.42. The van der Waals surface area contributed by atoms with Crippen molar-refractivity contribution in [1.29, 1.82) is 0 Å². The maximum atomic E-state index is 12.1. The van der Waals surface area contributed by atoms with Crippen LogP contribution in [0, 0.1) is 5.92 Å². The van der Waals surface area contributed by atoms with E-state index in [2.05, 4.69) is 46.2 Å². The lowest BCUT2D eigenvalue weighted by atomic mass is 10.2. The summed E-state index contributed by atoms with van der Waals surface area (Å²) < 4.78 is 0. The fourth-order valence-corrected chi connectivity index (χ4v) is 3.13. The summed E-state index contributed by atoms with van der Waals surface area (Å²) in [6, 6.07) is 6.23. The van der Waals surface area contributed by atoms with Gasteiger partial charge >= 0.3 is 0 Å². The van der Waals surface area contributed by atoms with Gasteiger partial charge in [-0.2, -0.15) is 0 Å². The Bertz CT molecular complexity index is 607. The average Bonchev–Trinajstić information content (AvgIpc) is 2.65. The molecule has 1 saturated heterocycles. The number of carbonyl (C=O) groups excluding carboxylic acids is 1. The molecule has 0 aliphatic carbocycles. The van der Waals surface area contributed by atoms with Crippen molar-refractivity contribution in [2.45, 2.75) is 20.8 Å². The molecule has 0 aromatic heterocycles. The Morgan fingerprint density at radius 2 is 1.81 bits per heavy atom. The minimum absolute atomic E-state index is 0.153. The van der Waals surface area contributed by atoms with Gasteiger partial charge in [-0.3, -0.25) is 14.7 Å². The smallest absolute Gasteiger partial charge is 0.251 e. The van der Waals surface area contributed by atoms with Crippen LogP contribution < -0.4 is 10.6 Å². The van der Waals surface area contributed by atoms with E-state index in [1.54, 1.807) is 12.1 Å². The summed E-state index contributed by atoms with van der Waals surface area (Å²) in [5, 5.41) is 15.5. The monoisotopic (exact) mass is 375 g/mol. The molecule has 27 heavy (non-hydrogen) atoms. The van der Waals surface area contributed by atoms with Crippen LogP contribution in [0.5, 0.6) is 5.75 Å². The molecule has 1 heterocycles. The quantitative estimate of drug-likeness (QED) is 0.381. The van der Waals surface area contributed by atoms with E-state index >= 15 is 0 Å². The van der Waals surface area contributed by atoms with Gasteiger partial charge in [-0.15, -0.1) is 0 Å². The van der Waals surface area contributed by atoms with Crippen LogP contribution in [-0.2, 0) is 0 Å². The molecular formula is C20H33N5O2. The number of hydrogen-bond donors (Lipinski definition) is 3. The first-order valence-corrected chi connectivity index (χ1v) is 9.82. The minimum Gasteiger partial charge on any atom is -0.508 e. The van der Waals surface area contributed by atoms with E-state index in [0.29, 0.717) is 24.6 Å². The molecule has 1 aromatic rings. The van der Waals surface area contributed by atoms with Crippen molar-refractivity contribution in [3.05, 3.63) is 29.8 Å². The van der Waals surface area contributed by atoms with E-state index < -0.39 is 0 Å². The lowest BCUT2D eigenvalue weighted by molar-refractivity contribution is 0.0954. The number of nitrogens with one attached hydrogen (secondary N) is 2. The molecule has 1 amide bonds. The number of aromatic hydroxyl groups is 1. The second kappa shape index (κ2) is 10.8. The Kier molecular flexibility index (Phi) is 8.39. The predicted octanol–water partition coefficient (Wildman–Crippen LogP) is 1.36. The van der Waals surface area contributed by atoms with Crippen LogP contribution in [0.25, 0.3) is 0 Å². The number of phenols is 1. The molecule has 3 N–H and O–H groups in total. The zero-order valence-corrected chi connectivity index (χ0v) is 16.7. The third kappa shape index (κ3) is 7.09. The zero-order chi connectivity index (χ0) is 19.6. The molecule has 0 unspecified atom stereocenters. The zero-order valence-electron chi connectivity index (χ0n) is 16.7. The molecule has 0 spiro atoms. The van der Waals surface area contributed by atoms with E-state index in [1.165, 1.54) is 12.1 Å². The number of carbonyl (C=O) groups is 1. The van der Waals surface area contributed by atoms with Crippen molar-refractivity contribution in [3.8, 4) is 5.75 Å². The lowest BCUT2D eigenvalue weighted by Crippen LogP contribution is -2.53. The van der Waals surface area contributed by atoms with Crippen molar-refractivity contribution in [2.24, 2.45) is 10.9 Å².